The van der Waals surface area contributed by atoms with Crippen LogP contribution in [0.5, 0.6) is 23.0 Å². The quantitative estimate of drug-likeness (QED) is 0.279. The summed E-state index contributed by atoms with van der Waals surface area (Å²) in [5.41, 5.74) is 2.31. The highest BCUT2D eigenvalue weighted by Crippen LogP contribution is 2.42. The van der Waals surface area contributed by atoms with E-state index in [9.17, 15) is 15.0 Å². The number of amides is 1. The first-order valence-electron chi connectivity index (χ1n) is 12.4. The maximum absolute atomic E-state index is 12.8. The number of aromatic hydroxyl groups is 2. The van der Waals surface area contributed by atoms with Crippen LogP contribution in [0.1, 0.15) is 25.7 Å². The zero-order chi connectivity index (χ0) is 24.9. The van der Waals surface area contributed by atoms with Crippen molar-refractivity contribution in [3.05, 3.63) is 78.9 Å². The van der Waals surface area contributed by atoms with Gasteiger partial charge < -0.3 is 25.2 Å². The van der Waals surface area contributed by atoms with E-state index in [4.69, 9.17) is 4.74 Å². The number of para-hydroxylation sites is 2. The standard InChI is InChI=1S/C30H30N2O4/c33-23-11-8-21(9-12-23)25-14-10-22-20-24(34)13-15-26(22)30(25)36-28-7-3-2-6-27(28)31-29(35)16-19-32-17-4-1-5-18-32/h2-3,6-15,20,33-34H,1,4-5,16-19H2,(H,31,35). The first kappa shape index (κ1) is 23.7. The normalized spacial score (nSPS) is 14.0. The SMILES string of the molecule is O=C(CCN1CCCCC1)Nc1ccccc1Oc1c(-c2ccc(O)cc2)ccc2cc(O)ccc12. The van der Waals surface area contributed by atoms with Gasteiger partial charge in [-0.2, -0.15) is 0 Å². The summed E-state index contributed by atoms with van der Waals surface area (Å²) >= 11 is 0. The second-order valence-corrected chi connectivity index (χ2v) is 9.19. The predicted octanol–water partition coefficient (Wildman–Crippen LogP) is 6.52. The second-order valence-electron chi connectivity index (χ2n) is 9.19. The van der Waals surface area contributed by atoms with Gasteiger partial charge in [0.05, 0.1) is 5.69 Å². The molecule has 6 heteroatoms. The lowest BCUT2D eigenvalue weighted by Crippen LogP contribution is -2.32. The number of phenols is 2. The minimum atomic E-state index is -0.0433. The van der Waals surface area contributed by atoms with Crippen LogP contribution in [-0.2, 0) is 4.79 Å². The van der Waals surface area contributed by atoms with Gasteiger partial charge in [0.2, 0.25) is 5.91 Å². The lowest BCUT2D eigenvalue weighted by Gasteiger charge is -2.26. The van der Waals surface area contributed by atoms with Crippen molar-refractivity contribution in [1.29, 1.82) is 0 Å². The first-order valence-corrected chi connectivity index (χ1v) is 12.4. The van der Waals surface area contributed by atoms with Crippen molar-refractivity contribution in [2.75, 3.05) is 25.0 Å². The fourth-order valence-electron chi connectivity index (χ4n) is 4.69. The summed E-state index contributed by atoms with van der Waals surface area (Å²) in [7, 11) is 0. The van der Waals surface area contributed by atoms with Gasteiger partial charge in [0.25, 0.3) is 0 Å². The molecule has 3 N–H and O–H groups in total. The van der Waals surface area contributed by atoms with Crippen LogP contribution in [-0.4, -0.2) is 40.7 Å². The first-order chi connectivity index (χ1) is 17.6. The van der Waals surface area contributed by atoms with Crippen LogP contribution in [0.25, 0.3) is 21.9 Å². The third-order valence-corrected chi connectivity index (χ3v) is 6.61. The summed E-state index contributed by atoms with van der Waals surface area (Å²) in [6.45, 7) is 2.87. The average Bonchev–Trinajstić information content (AvgIpc) is 2.90. The molecule has 0 aromatic heterocycles. The van der Waals surface area contributed by atoms with Crippen molar-refractivity contribution in [3.63, 3.8) is 0 Å². The Morgan fingerprint density at radius 2 is 1.61 bits per heavy atom. The molecule has 0 atom stereocenters. The van der Waals surface area contributed by atoms with E-state index in [1.54, 1.807) is 24.3 Å². The predicted molar refractivity (Wildman–Crippen MR) is 143 cm³/mol. The number of hydrogen-bond acceptors (Lipinski definition) is 5. The minimum absolute atomic E-state index is 0.0433. The molecule has 1 heterocycles. The Hall–Kier alpha value is -4.03. The zero-order valence-electron chi connectivity index (χ0n) is 20.1. The number of benzene rings is 4. The molecule has 184 valence electrons. The van der Waals surface area contributed by atoms with Crippen molar-refractivity contribution < 1.29 is 19.7 Å². The summed E-state index contributed by atoms with van der Waals surface area (Å²) < 4.78 is 6.50. The van der Waals surface area contributed by atoms with Crippen molar-refractivity contribution >= 4 is 22.4 Å². The maximum atomic E-state index is 12.8. The zero-order valence-corrected chi connectivity index (χ0v) is 20.1. The van der Waals surface area contributed by atoms with Gasteiger partial charge in [-0.25, -0.2) is 0 Å². The molecule has 1 amide bonds. The summed E-state index contributed by atoms with van der Waals surface area (Å²) in [4.78, 5) is 15.1. The Bertz CT molecular complexity index is 1360. The van der Waals surface area contributed by atoms with E-state index in [0.717, 1.165) is 41.5 Å². The van der Waals surface area contributed by atoms with E-state index < -0.39 is 0 Å². The molecule has 6 nitrogen and oxygen atoms in total. The van der Waals surface area contributed by atoms with Gasteiger partial charge in [-0.3, -0.25) is 4.79 Å². The summed E-state index contributed by atoms with van der Waals surface area (Å²) in [5.74, 6) is 1.45. The highest BCUT2D eigenvalue weighted by Gasteiger charge is 2.17. The molecule has 4 aromatic rings. The Morgan fingerprint density at radius 3 is 2.42 bits per heavy atom. The molecular formula is C30H30N2O4. The molecule has 0 radical (unpaired) electrons. The second kappa shape index (κ2) is 10.7. The van der Waals surface area contributed by atoms with Crippen LogP contribution >= 0.6 is 0 Å². The van der Waals surface area contributed by atoms with Gasteiger partial charge in [0.1, 0.15) is 17.2 Å². The molecule has 1 aliphatic heterocycles. The number of nitrogens with one attached hydrogen (secondary N) is 1. The molecule has 0 spiro atoms. The number of likely N-dealkylation sites (tertiary alicyclic amines) is 1. The number of hydrogen-bond donors (Lipinski definition) is 3. The number of carbonyl (C=O) groups excluding carboxylic acids is 1. The van der Waals surface area contributed by atoms with E-state index in [0.29, 0.717) is 23.6 Å². The summed E-state index contributed by atoms with van der Waals surface area (Å²) in [6, 6.07) is 23.4. The molecule has 4 aromatic carbocycles. The minimum Gasteiger partial charge on any atom is -0.508 e. The molecule has 0 unspecified atom stereocenters. The highest BCUT2D eigenvalue weighted by atomic mass is 16.5. The highest BCUT2D eigenvalue weighted by molar-refractivity contribution is 5.97. The molecule has 5 rings (SSSR count). The van der Waals surface area contributed by atoms with Crippen LogP contribution < -0.4 is 10.1 Å². The van der Waals surface area contributed by atoms with Crippen LogP contribution in [0.2, 0.25) is 0 Å². The van der Waals surface area contributed by atoms with Crippen LogP contribution in [0, 0.1) is 0 Å². The van der Waals surface area contributed by atoms with Crippen molar-refractivity contribution in [1.82, 2.24) is 4.90 Å². The fraction of sp³-hybridized carbons (Fsp3) is 0.233. The number of fused-ring (bicyclic) bond motifs is 1. The van der Waals surface area contributed by atoms with Crippen LogP contribution in [0.4, 0.5) is 5.69 Å². The van der Waals surface area contributed by atoms with Crippen molar-refractivity contribution in [2.45, 2.75) is 25.7 Å². The molecule has 1 fully saturated rings. The fourth-order valence-corrected chi connectivity index (χ4v) is 4.69. The Morgan fingerprint density at radius 1 is 0.861 bits per heavy atom. The molecule has 0 bridgehead atoms. The molecule has 1 saturated heterocycles. The largest absolute Gasteiger partial charge is 0.508 e. The van der Waals surface area contributed by atoms with Gasteiger partial charge in [0.15, 0.2) is 5.75 Å². The Labute approximate surface area is 210 Å². The van der Waals surface area contributed by atoms with Gasteiger partial charge in [-0.15, -0.1) is 0 Å². The number of anilines is 1. The Kier molecular flexibility index (Phi) is 7.05. The molecule has 0 aliphatic carbocycles. The number of carbonyl (C=O) groups is 1. The van der Waals surface area contributed by atoms with Gasteiger partial charge in [-0.05, 0) is 85.4 Å². The molecule has 1 aliphatic rings. The van der Waals surface area contributed by atoms with Crippen molar-refractivity contribution in [2.24, 2.45) is 0 Å². The van der Waals surface area contributed by atoms with E-state index in [1.807, 2.05) is 54.6 Å². The smallest absolute Gasteiger partial charge is 0.225 e. The molecule has 0 saturated carbocycles. The third-order valence-electron chi connectivity index (χ3n) is 6.61. The van der Waals surface area contributed by atoms with Crippen LogP contribution in [0.3, 0.4) is 0 Å². The van der Waals surface area contributed by atoms with E-state index >= 15 is 0 Å². The van der Waals surface area contributed by atoms with E-state index in [1.165, 1.54) is 19.3 Å². The monoisotopic (exact) mass is 482 g/mol. The number of rotatable bonds is 7. The third kappa shape index (κ3) is 5.44. The van der Waals surface area contributed by atoms with E-state index in [-0.39, 0.29) is 17.4 Å². The van der Waals surface area contributed by atoms with Crippen LogP contribution in [0.15, 0.2) is 78.9 Å². The van der Waals surface area contributed by atoms with Gasteiger partial charge in [0, 0.05) is 23.9 Å². The van der Waals surface area contributed by atoms with Gasteiger partial charge >= 0.3 is 0 Å². The number of ether oxygens (including phenoxy) is 1. The Balaban J connectivity index is 1.44. The van der Waals surface area contributed by atoms with Gasteiger partial charge in [-0.1, -0.05) is 36.8 Å². The van der Waals surface area contributed by atoms with Crippen molar-refractivity contribution in [3.8, 4) is 34.1 Å². The molecular weight excluding hydrogens is 452 g/mol. The number of nitrogens with zero attached hydrogens (tertiary/aromatic N) is 1. The topological polar surface area (TPSA) is 82.0 Å². The van der Waals surface area contributed by atoms with E-state index in [2.05, 4.69) is 10.2 Å². The summed E-state index contributed by atoms with van der Waals surface area (Å²) in [6.07, 6.45) is 4.10. The maximum Gasteiger partial charge on any atom is 0.225 e. The molecule has 36 heavy (non-hydrogen) atoms. The number of phenolic OH excluding ortho intramolecular Hbond substituents is 2. The average molecular weight is 483 g/mol. The lowest BCUT2D eigenvalue weighted by atomic mass is 9.99. The summed E-state index contributed by atoms with van der Waals surface area (Å²) in [5, 5.41) is 24.4. The number of piperidine rings is 1. The lowest BCUT2D eigenvalue weighted by molar-refractivity contribution is -0.116.